The maximum absolute atomic E-state index is 5.66. The van der Waals surface area contributed by atoms with Gasteiger partial charge in [0, 0.05) is 33.9 Å². The Kier molecular flexibility index (Phi) is 6.23. The normalized spacial score (nSPS) is 24.9. The molecule has 0 saturated carbocycles. The van der Waals surface area contributed by atoms with Crippen molar-refractivity contribution in [2.45, 2.75) is 25.4 Å². The number of methoxy groups -OCH3 is 2. The number of hydrogen-bond donors (Lipinski definition) is 1. The van der Waals surface area contributed by atoms with Gasteiger partial charge in [0.25, 0.3) is 0 Å². The summed E-state index contributed by atoms with van der Waals surface area (Å²) in [5, 5.41) is 3.37. The van der Waals surface area contributed by atoms with Gasteiger partial charge in [0.1, 0.15) is 0 Å². The molecule has 1 aliphatic heterocycles. The Hall–Kier alpha value is -0.200. The van der Waals surface area contributed by atoms with E-state index in [-0.39, 0.29) is 18.4 Å². The molecule has 16 heavy (non-hydrogen) atoms. The number of hydrogen-bond acceptors (Lipinski definition) is 5. The third kappa shape index (κ3) is 4.35. The highest BCUT2D eigenvalue weighted by Gasteiger charge is 2.20. The molecule has 5 nitrogen and oxygen atoms in total. The molecule has 0 radical (unpaired) electrons. The Bertz CT molecular complexity index is 186. The number of nitrogens with one attached hydrogen (secondary N) is 1. The lowest BCUT2D eigenvalue weighted by molar-refractivity contribution is -0.121. The van der Waals surface area contributed by atoms with Crippen LogP contribution in [0.1, 0.15) is 6.92 Å². The van der Waals surface area contributed by atoms with E-state index in [1.54, 1.807) is 14.2 Å². The van der Waals surface area contributed by atoms with Gasteiger partial charge in [-0.1, -0.05) is 0 Å². The molecule has 2 atom stereocenters. The number of rotatable bonds is 6. The number of ether oxygens (including phenoxy) is 3. The van der Waals surface area contributed by atoms with Gasteiger partial charge in [-0.3, -0.25) is 0 Å². The summed E-state index contributed by atoms with van der Waals surface area (Å²) in [6.45, 7) is 5.68. The lowest BCUT2D eigenvalue weighted by Crippen LogP contribution is -2.49. The standard InChI is InChI=1S/C11H24N2O3/c1-9(11(14-3)15-4)12-7-10-8-13(2)5-6-16-10/h9-12H,5-8H2,1-4H3. The van der Waals surface area contributed by atoms with E-state index in [2.05, 4.69) is 17.3 Å². The van der Waals surface area contributed by atoms with Crippen LogP contribution in [-0.2, 0) is 14.2 Å². The van der Waals surface area contributed by atoms with E-state index in [0.29, 0.717) is 0 Å². The smallest absolute Gasteiger partial charge is 0.171 e. The molecule has 1 fully saturated rings. The second-order valence-electron chi connectivity index (χ2n) is 4.29. The quantitative estimate of drug-likeness (QED) is 0.649. The average molecular weight is 232 g/mol. The summed E-state index contributed by atoms with van der Waals surface area (Å²) in [6, 6.07) is 0.158. The van der Waals surface area contributed by atoms with Crippen molar-refractivity contribution in [3.05, 3.63) is 0 Å². The van der Waals surface area contributed by atoms with E-state index in [4.69, 9.17) is 14.2 Å². The molecule has 1 saturated heterocycles. The van der Waals surface area contributed by atoms with E-state index in [1.807, 2.05) is 6.92 Å². The monoisotopic (exact) mass is 232 g/mol. The van der Waals surface area contributed by atoms with Crippen LogP contribution in [0.2, 0.25) is 0 Å². The number of nitrogens with zero attached hydrogens (tertiary/aromatic N) is 1. The minimum atomic E-state index is -0.207. The molecule has 0 aromatic rings. The molecule has 2 unspecified atom stereocenters. The van der Waals surface area contributed by atoms with Gasteiger partial charge in [-0.2, -0.15) is 0 Å². The zero-order valence-electron chi connectivity index (χ0n) is 10.7. The van der Waals surface area contributed by atoms with Gasteiger partial charge in [0.15, 0.2) is 6.29 Å². The van der Waals surface area contributed by atoms with Gasteiger partial charge in [0.05, 0.1) is 18.8 Å². The van der Waals surface area contributed by atoms with Gasteiger partial charge in [-0.05, 0) is 14.0 Å². The lowest BCUT2D eigenvalue weighted by atomic mass is 10.2. The first-order chi connectivity index (χ1) is 7.67. The minimum absolute atomic E-state index is 0.158. The first-order valence-electron chi connectivity index (χ1n) is 5.76. The van der Waals surface area contributed by atoms with Crippen molar-refractivity contribution in [2.75, 3.05) is 47.5 Å². The van der Waals surface area contributed by atoms with Crippen LogP contribution >= 0.6 is 0 Å². The SMILES string of the molecule is COC(OC)C(C)NCC1CN(C)CCO1. The van der Waals surface area contributed by atoms with Crippen molar-refractivity contribution in [3.8, 4) is 0 Å². The van der Waals surface area contributed by atoms with Crippen molar-refractivity contribution in [1.29, 1.82) is 0 Å². The van der Waals surface area contributed by atoms with Crippen LogP contribution in [0.25, 0.3) is 0 Å². The van der Waals surface area contributed by atoms with Crippen LogP contribution < -0.4 is 5.32 Å². The van der Waals surface area contributed by atoms with E-state index >= 15 is 0 Å². The molecule has 1 N–H and O–H groups in total. The van der Waals surface area contributed by atoms with Crippen LogP contribution in [0.5, 0.6) is 0 Å². The predicted molar refractivity (Wildman–Crippen MR) is 62.5 cm³/mol. The molecule has 0 aliphatic carbocycles. The third-order valence-electron chi connectivity index (χ3n) is 2.88. The zero-order valence-corrected chi connectivity index (χ0v) is 10.7. The van der Waals surface area contributed by atoms with Crippen LogP contribution in [0.4, 0.5) is 0 Å². The molecular formula is C11H24N2O3. The maximum atomic E-state index is 5.66. The summed E-state index contributed by atoms with van der Waals surface area (Å²) < 4.78 is 16.0. The van der Waals surface area contributed by atoms with Gasteiger partial charge in [-0.25, -0.2) is 0 Å². The molecule has 5 heteroatoms. The molecular weight excluding hydrogens is 208 g/mol. The van der Waals surface area contributed by atoms with Gasteiger partial charge in [0.2, 0.25) is 0 Å². The van der Waals surface area contributed by atoms with Gasteiger partial charge in [-0.15, -0.1) is 0 Å². The first-order valence-corrected chi connectivity index (χ1v) is 5.76. The Labute approximate surface area is 98.0 Å². The largest absolute Gasteiger partial charge is 0.374 e. The Morgan fingerprint density at radius 1 is 1.44 bits per heavy atom. The van der Waals surface area contributed by atoms with Crippen LogP contribution in [0, 0.1) is 0 Å². The average Bonchev–Trinajstić information content (AvgIpc) is 2.28. The van der Waals surface area contributed by atoms with Crippen molar-refractivity contribution >= 4 is 0 Å². The zero-order chi connectivity index (χ0) is 12.0. The minimum Gasteiger partial charge on any atom is -0.374 e. The fourth-order valence-electron chi connectivity index (χ4n) is 1.91. The van der Waals surface area contributed by atoms with Gasteiger partial charge >= 0.3 is 0 Å². The van der Waals surface area contributed by atoms with Crippen molar-refractivity contribution in [1.82, 2.24) is 10.2 Å². The molecule has 0 spiro atoms. The number of likely N-dealkylation sites (N-methyl/N-ethyl adjacent to an activating group) is 1. The second-order valence-corrected chi connectivity index (χ2v) is 4.29. The summed E-state index contributed by atoms with van der Waals surface area (Å²) in [5.41, 5.74) is 0. The summed E-state index contributed by atoms with van der Waals surface area (Å²) >= 11 is 0. The Balaban J connectivity index is 2.22. The molecule has 1 rings (SSSR count). The molecule has 96 valence electrons. The Morgan fingerprint density at radius 3 is 2.69 bits per heavy atom. The molecule has 1 heterocycles. The topological polar surface area (TPSA) is 43.0 Å². The highest BCUT2D eigenvalue weighted by molar-refractivity contribution is 4.74. The van der Waals surface area contributed by atoms with Gasteiger partial charge < -0.3 is 24.4 Å². The van der Waals surface area contributed by atoms with Crippen molar-refractivity contribution in [3.63, 3.8) is 0 Å². The lowest BCUT2D eigenvalue weighted by Gasteiger charge is -2.31. The molecule has 0 bridgehead atoms. The van der Waals surface area contributed by atoms with Crippen molar-refractivity contribution < 1.29 is 14.2 Å². The fraction of sp³-hybridized carbons (Fsp3) is 1.00. The van der Waals surface area contributed by atoms with Crippen LogP contribution in [0.3, 0.4) is 0 Å². The highest BCUT2D eigenvalue weighted by Crippen LogP contribution is 2.03. The molecule has 0 aromatic heterocycles. The van der Waals surface area contributed by atoms with E-state index < -0.39 is 0 Å². The summed E-state index contributed by atoms with van der Waals surface area (Å²) in [6.07, 6.45) is 0.0527. The molecule has 1 aliphatic rings. The Morgan fingerprint density at radius 2 is 2.12 bits per heavy atom. The predicted octanol–water partition coefficient (Wildman–Crippen LogP) is -0.0860. The van der Waals surface area contributed by atoms with E-state index in [1.165, 1.54) is 0 Å². The first kappa shape index (κ1) is 13.9. The van der Waals surface area contributed by atoms with E-state index in [9.17, 15) is 0 Å². The van der Waals surface area contributed by atoms with Crippen LogP contribution in [0.15, 0.2) is 0 Å². The van der Waals surface area contributed by atoms with E-state index in [0.717, 1.165) is 26.2 Å². The summed E-state index contributed by atoms with van der Waals surface area (Å²) in [5.74, 6) is 0. The molecule has 0 aromatic carbocycles. The van der Waals surface area contributed by atoms with Crippen LogP contribution in [-0.4, -0.2) is 70.8 Å². The fourth-order valence-corrected chi connectivity index (χ4v) is 1.91. The molecule has 0 amide bonds. The summed E-state index contributed by atoms with van der Waals surface area (Å²) in [7, 11) is 5.42. The van der Waals surface area contributed by atoms with Crippen molar-refractivity contribution in [2.24, 2.45) is 0 Å². The maximum Gasteiger partial charge on any atom is 0.171 e. The second kappa shape index (κ2) is 7.19. The highest BCUT2D eigenvalue weighted by atomic mass is 16.7. The third-order valence-corrected chi connectivity index (χ3v) is 2.88. The number of morpholine rings is 1. The summed E-state index contributed by atoms with van der Waals surface area (Å²) in [4.78, 5) is 2.28.